The average Bonchev–Trinajstić information content (AvgIpc) is 3.06. The standard InChI is InChI=1S/C20H16F2N2O2S2/c1-26-19(25)15-11-14(9-12-5-3-2-4-6-12)28-18(15)24-20(27)23-17-8-7-13(21)10-16(17)22/h2-8,10-11H,9H2,1H3,(H2,23,24,27). The first-order chi connectivity index (χ1) is 13.5. The predicted octanol–water partition coefficient (Wildman–Crippen LogP) is 5.21. The van der Waals surface area contributed by atoms with Gasteiger partial charge in [0, 0.05) is 17.4 Å². The Labute approximate surface area is 170 Å². The molecule has 0 atom stereocenters. The summed E-state index contributed by atoms with van der Waals surface area (Å²) >= 11 is 6.55. The van der Waals surface area contributed by atoms with Crippen molar-refractivity contribution in [3.63, 3.8) is 0 Å². The summed E-state index contributed by atoms with van der Waals surface area (Å²) in [7, 11) is 1.30. The molecule has 0 aliphatic rings. The molecule has 3 rings (SSSR count). The molecule has 0 aliphatic heterocycles. The van der Waals surface area contributed by atoms with Gasteiger partial charge in [0.2, 0.25) is 0 Å². The minimum absolute atomic E-state index is 0.0274. The molecule has 4 nitrogen and oxygen atoms in total. The minimum atomic E-state index is -0.770. The van der Waals surface area contributed by atoms with Crippen LogP contribution in [-0.4, -0.2) is 18.2 Å². The van der Waals surface area contributed by atoms with Crippen molar-refractivity contribution in [2.45, 2.75) is 6.42 Å². The fourth-order valence-electron chi connectivity index (χ4n) is 2.53. The lowest BCUT2D eigenvalue weighted by atomic mass is 10.1. The molecule has 0 radical (unpaired) electrons. The molecule has 0 bridgehead atoms. The molecule has 3 aromatic rings. The van der Waals surface area contributed by atoms with E-state index in [9.17, 15) is 13.6 Å². The van der Waals surface area contributed by atoms with Gasteiger partial charge in [-0.15, -0.1) is 11.3 Å². The highest BCUT2D eigenvalue weighted by atomic mass is 32.1. The summed E-state index contributed by atoms with van der Waals surface area (Å²) in [6, 6.07) is 14.7. The van der Waals surface area contributed by atoms with Gasteiger partial charge >= 0.3 is 5.97 Å². The highest BCUT2D eigenvalue weighted by Gasteiger charge is 2.18. The number of hydrogen-bond acceptors (Lipinski definition) is 4. The zero-order chi connectivity index (χ0) is 20.1. The number of ether oxygens (including phenoxy) is 1. The summed E-state index contributed by atoms with van der Waals surface area (Å²) in [5, 5.41) is 6.12. The van der Waals surface area contributed by atoms with Crippen LogP contribution in [0.15, 0.2) is 54.6 Å². The van der Waals surface area contributed by atoms with Crippen molar-refractivity contribution in [1.82, 2.24) is 0 Å². The zero-order valence-corrected chi connectivity index (χ0v) is 16.4. The second-order valence-corrected chi connectivity index (χ2v) is 7.36. The highest BCUT2D eigenvalue weighted by Crippen LogP contribution is 2.31. The first-order valence-corrected chi connectivity index (χ1v) is 9.46. The van der Waals surface area contributed by atoms with E-state index in [-0.39, 0.29) is 10.8 Å². The molecule has 0 spiro atoms. The van der Waals surface area contributed by atoms with Gasteiger partial charge in [-0.1, -0.05) is 30.3 Å². The number of thiophene rings is 1. The molecule has 1 heterocycles. The molecule has 144 valence electrons. The Morgan fingerprint density at radius 1 is 1.11 bits per heavy atom. The smallest absolute Gasteiger partial charge is 0.340 e. The van der Waals surface area contributed by atoms with Crippen LogP contribution in [0.3, 0.4) is 0 Å². The maximum Gasteiger partial charge on any atom is 0.340 e. The lowest BCUT2D eigenvalue weighted by Crippen LogP contribution is -2.20. The maximum atomic E-state index is 13.8. The molecule has 0 aliphatic carbocycles. The molecular formula is C20H16F2N2O2S2. The molecule has 8 heteroatoms. The highest BCUT2D eigenvalue weighted by molar-refractivity contribution is 7.80. The van der Waals surface area contributed by atoms with Gasteiger partial charge in [0.05, 0.1) is 18.4 Å². The number of carbonyl (C=O) groups is 1. The van der Waals surface area contributed by atoms with Crippen LogP contribution >= 0.6 is 23.6 Å². The Hall–Kier alpha value is -2.84. The van der Waals surface area contributed by atoms with Gasteiger partial charge in [-0.05, 0) is 36.0 Å². The Balaban J connectivity index is 1.79. The number of anilines is 2. The van der Waals surface area contributed by atoms with E-state index in [0.717, 1.165) is 22.6 Å². The fourth-order valence-corrected chi connectivity index (χ4v) is 3.89. The van der Waals surface area contributed by atoms with Crippen molar-refractivity contribution in [2.75, 3.05) is 17.7 Å². The summed E-state index contributed by atoms with van der Waals surface area (Å²) in [6.45, 7) is 0. The van der Waals surface area contributed by atoms with E-state index in [2.05, 4.69) is 10.6 Å². The number of esters is 1. The van der Waals surface area contributed by atoms with E-state index < -0.39 is 17.6 Å². The van der Waals surface area contributed by atoms with E-state index in [1.54, 1.807) is 6.07 Å². The molecular weight excluding hydrogens is 402 g/mol. The number of thiocarbonyl (C=S) groups is 1. The Bertz CT molecular complexity index is 1010. The number of carbonyl (C=O) groups excluding carboxylic acids is 1. The van der Waals surface area contributed by atoms with Crippen LogP contribution in [0.2, 0.25) is 0 Å². The molecule has 0 amide bonds. The van der Waals surface area contributed by atoms with Gasteiger partial charge in [0.25, 0.3) is 0 Å². The van der Waals surface area contributed by atoms with Crippen LogP contribution in [0.4, 0.5) is 19.5 Å². The van der Waals surface area contributed by atoms with Gasteiger partial charge in [-0.3, -0.25) is 0 Å². The SMILES string of the molecule is COC(=O)c1cc(Cc2ccccc2)sc1NC(=S)Nc1ccc(F)cc1F. The molecule has 0 fully saturated rings. The Morgan fingerprint density at radius 3 is 2.54 bits per heavy atom. The summed E-state index contributed by atoms with van der Waals surface area (Å²) in [5.41, 5.74) is 1.46. The summed E-state index contributed by atoms with van der Waals surface area (Å²) in [5.74, 6) is -1.96. The molecule has 28 heavy (non-hydrogen) atoms. The molecule has 2 aromatic carbocycles. The first-order valence-electron chi connectivity index (χ1n) is 8.24. The van der Waals surface area contributed by atoms with Crippen LogP contribution in [0, 0.1) is 11.6 Å². The molecule has 0 unspecified atom stereocenters. The third-order valence-corrected chi connectivity index (χ3v) is 5.07. The van der Waals surface area contributed by atoms with Crippen LogP contribution in [0.5, 0.6) is 0 Å². The summed E-state index contributed by atoms with van der Waals surface area (Å²) in [4.78, 5) is 13.0. The van der Waals surface area contributed by atoms with E-state index in [0.29, 0.717) is 17.0 Å². The normalized spacial score (nSPS) is 10.4. The largest absolute Gasteiger partial charge is 0.465 e. The monoisotopic (exact) mass is 418 g/mol. The fraction of sp³-hybridized carbons (Fsp3) is 0.100. The van der Waals surface area contributed by atoms with Crippen LogP contribution in [0.25, 0.3) is 0 Å². The van der Waals surface area contributed by atoms with Crippen molar-refractivity contribution in [1.29, 1.82) is 0 Å². The molecule has 0 saturated carbocycles. The third kappa shape index (κ3) is 4.90. The van der Waals surface area contributed by atoms with Crippen LogP contribution in [0.1, 0.15) is 20.8 Å². The molecule has 2 N–H and O–H groups in total. The van der Waals surface area contributed by atoms with Gasteiger partial charge in [0.1, 0.15) is 16.6 Å². The van der Waals surface area contributed by atoms with E-state index >= 15 is 0 Å². The Morgan fingerprint density at radius 2 is 1.86 bits per heavy atom. The maximum absolute atomic E-state index is 13.8. The number of methoxy groups -OCH3 is 1. The van der Waals surface area contributed by atoms with Crippen molar-refractivity contribution < 1.29 is 18.3 Å². The number of rotatable bonds is 5. The van der Waals surface area contributed by atoms with Crippen molar-refractivity contribution in [3.05, 3.63) is 82.2 Å². The lowest BCUT2D eigenvalue weighted by molar-refractivity contribution is 0.0602. The second kappa shape index (κ2) is 8.90. The van der Waals surface area contributed by atoms with E-state index in [1.165, 1.54) is 24.5 Å². The van der Waals surface area contributed by atoms with Gasteiger partial charge in [0.15, 0.2) is 5.11 Å². The molecule has 1 aromatic heterocycles. The summed E-state index contributed by atoms with van der Waals surface area (Å²) in [6.07, 6.45) is 0.643. The lowest BCUT2D eigenvalue weighted by Gasteiger charge is -2.11. The topological polar surface area (TPSA) is 50.4 Å². The zero-order valence-electron chi connectivity index (χ0n) is 14.8. The number of halogens is 2. The van der Waals surface area contributed by atoms with Gasteiger partial charge < -0.3 is 15.4 Å². The van der Waals surface area contributed by atoms with Crippen LogP contribution in [-0.2, 0) is 11.2 Å². The predicted molar refractivity (Wildman–Crippen MR) is 111 cm³/mol. The first kappa shape index (κ1) is 19.9. The quantitative estimate of drug-likeness (QED) is 0.440. The van der Waals surface area contributed by atoms with Crippen molar-refractivity contribution in [2.24, 2.45) is 0 Å². The summed E-state index contributed by atoms with van der Waals surface area (Å²) < 4.78 is 31.7. The van der Waals surface area contributed by atoms with Gasteiger partial charge in [-0.2, -0.15) is 0 Å². The van der Waals surface area contributed by atoms with E-state index in [4.69, 9.17) is 17.0 Å². The number of benzene rings is 2. The second-order valence-electron chi connectivity index (χ2n) is 5.81. The third-order valence-electron chi connectivity index (χ3n) is 3.82. The van der Waals surface area contributed by atoms with Crippen molar-refractivity contribution in [3.8, 4) is 0 Å². The Kier molecular flexibility index (Phi) is 6.33. The van der Waals surface area contributed by atoms with Gasteiger partial charge in [-0.25, -0.2) is 13.6 Å². The molecule has 0 saturated heterocycles. The average molecular weight is 418 g/mol. The minimum Gasteiger partial charge on any atom is -0.465 e. The van der Waals surface area contributed by atoms with Crippen LogP contribution < -0.4 is 10.6 Å². The number of hydrogen-bond donors (Lipinski definition) is 2. The number of nitrogens with one attached hydrogen (secondary N) is 2. The van der Waals surface area contributed by atoms with Crippen molar-refractivity contribution >= 4 is 45.3 Å². The van der Waals surface area contributed by atoms with E-state index in [1.807, 2.05) is 30.3 Å².